The Hall–Kier alpha value is -1.79. The minimum Gasteiger partial charge on any atom is -0.481 e. The van der Waals surface area contributed by atoms with Gasteiger partial charge in [0.1, 0.15) is 0 Å². The van der Waals surface area contributed by atoms with Crippen molar-refractivity contribution < 1.29 is 19.5 Å². The number of carboxylic acids is 1. The molecule has 3 N–H and O–H groups in total. The van der Waals surface area contributed by atoms with Gasteiger partial charge >= 0.3 is 12.0 Å². The van der Waals surface area contributed by atoms with Crippen molar-refractivity contribution >= 4 is 17.9 Å². The second-order valence-corrected chi connectivity index (χ2v) is 4.86. The highest BCUT2D eigenvalue weighted by molar-refractivity contribution is 5.78. The zero-order valence-electron chi connectivity index (χ0n) is 11.9. The number of nitrogens with one attached hydrogen (secondary N) is 2. The molecule has 0 aromatic heterocycles. The third-order valence-corrected chi connectivity index (χ3v) is 2.73. The van der Waals surface area contributed by atoms with E-state index >= 15 is 0 Å². The Morgan fingerprint density at radius 1 is 1.16 bits per heavy atom. The molecule has 1 unspecified atom stereocenters. The highest BCUT2D eigenvalue weighted by Crippen LogP contribution is 2.09. The Morgan fingerprint density at radius 3 is 2.16 bits per heavy atom. The fraction of sp³-hybridized carbons (Fsp3) is 0.750. The SMILES string of the molecule is CC(C)C(CNC(=O)NCCC(=O)N(C)C)C(=O)O. The highest BCUT2D eigenvalue weighted by Gasteiger charge is 2.21. The van der Waals surface area contributed by atoms with Gasteiger partial charge in [-0.05, 0) is 5.92 Å². The Labute approximate surface area is 113 Å². The molecule has 0 saturated carbocycles. The standard InChI is InChI=1S/C12H23N3O4/c1-8(2)9(11(17)18)7-14-12(19)13-6-5-10(16)15(3)4/h8-9H,5-7H2,1-4H3,(H,17,18)(H2,13,14,19). The van der Waals surface area contributed by atoms with E-state index < -0.39 is 17.9 Å². The van der Waals surface area contributed by atoms with Crippen molar-refractivity contribution in [1.29, 1.82) is 0 Å². The zero-order chi connectivity index (χ0) is 15.0. The average molecular weight is 273 g/mol. The van der Waals surface area contributed by atoms with E-state index in [1.54, 1.807) is 27.9 Å². The molecule has 0 saturated heterocycles. The van der Waals surface area contributed by atoms with Crippen molar-refractivity contribution in [2.75, 3.05) is 27.2 Å². The predicted molar refractivity (Wildman–Crippen MR) is 70.7 cm³/mol. The van der Waals surface area contributed by atoms with Crippen LogP contribution in [0.15, 0.2) is 0 Å². The summed E-state index contributed by atoms with van der Waals surface area (Å²) >= 11 is 0. The Kier molecular flexibility index (Phi) is 7.55. The average Bonchev–Trinajstić information content (AvgIpc) is 2.27. The van der Waals surface area contributed by atoms with Gasteiger partial charge in [0, 0.05) is 33.6 Å². The quantitative estimate of drug-likeness (QED) is 0.613. The predicted octanol–water partition coefficient (Wildman–Crippen LogP) is 0.121. The number of carbonyl (C=O) groups excluding carboxylic acids is 2. The molecule has 0 aliphatic rings. The largest absolute Gasteiger partial charge is 0.481 e. The van der Waals surface area contributed by atoms with Crippen molar-refractivity contribution in [1.82, 2.24) is 15.5 Å². The lowest BCUT2D eigenvalue weighted by molar-refractivity contribution is -0.143. The first-order valence-corrected chi connectivity index (χ1v) is 6.20. The number of carbonyl (C=O) groups is 3. The number of nitrogens with zero attached hydrogens (tertiary/aromatic N) is 1. The van der Waals surface area contributed by atoms with Gasteiger partial charge in [-0.2, -0.15) is 0 Å². The minimum absolute atomic E-state index is 0.0619. The van der Waals surface area contributed by atoms with Crippen LogP contribution in [0.1, 0.15) is 20.3 Å². The Morgan fingerprint density at radius 2 is 1.74 bits per heavy atom. The van der Waals surface area contributed by atoms with Gasteiger partial charge in [-0.25, -0.2) is 4.79 Å². The fourth-order valence-electron chi connectivity index (χ4n) is 1.38. The molecular formula is C12H23N3O4. The van der Waals surface area contributed by atoms with Crippen LogP contribution in [-0.2, 0) is 9.59 Å². The lowest BCUT2D eigenvalue weighted by Gasteiger charge is -2.17. The number of carboxylic acid groups (broad SMARTS) is 1. The summed E-state index contributed by atoms with van der Waals surface area (Å²) in [6.45, 7) is 3.87. The topological polar surface area (TPSA) is 98.7 Å². The van der Waals surface area contributed by atoms with Gasteiger partial charge in [-0.1, -0.05) is 13.8 Å². The van der Waals surface area contributed by atoms with Crippen LogP contribution >= 0.6 is 0 Å². The summed E-state index contributed by atoms with van der Waals surface area (Å²) in [4.78, 5) is 35.0. The molecule has 0 aromatic carbocycles. The second kappa shape index (κ2) is 8.34. The van der Waals surface area contributed by atoms with Crippen LogP contribution < -0.4 is 10.6 Å². The van der Waals surface area contributed by atoms with Gasteiger partial charge in [-0.15, -0.1) is 0 Å². The van der Waals surface area contributed by atoms with Crippen LogP contribution in [-0.4, -0.2) is 55.1 Å². The zero-order valence-corrected chi connectivity index (χ0v) is 11.9. The summed E-state index contributed by atoms with van der Waals surface area (Å²) in [5, 5.41) is 13.9. The third-order valence-electron chi connectivity index (χ3n) is 2.73. The molecule has 0 aliphatic heterocycles. The molecule has 0 spiro atoms. The van der Waals surface area contributed by atoms with E-state index in [1.165, 1.54) is 4.90 Å². The maximum atomic E-state index is 11.4. The summed E-state index contributed by atoms with van der Waals surface area (Å²) < 4.78 is 0. The highest BCUT2D eigenvalue weighted by atomic mass is 16.4. The number of hydrogen-bond acceptors (Lipinski definition) is 3. The number of aliphatic carboxylic acids is 1. The molecule has 0 aromatic rings. The first-order valence-electron chi connectivity index (χ1n) is 6.20. The summed E-state index contributed by atoms with van der Waals surface area (Å²) in [6, 6.07) is -0.460. The maximum absolute atomic E-state index is 11.4. The normalized spacial score (nSPS) is 11.8. The molecule has 0 fully saturated rings. The van der Waals surface area contributed by atoms with Crippen molar-refractivity contribution in [2.24, 2.45) is 11.8 Å². The molecule has 3 amide bonds. The Balaban J connectivity index is 3.93. The van der Waals surface area contributed by atoms with Gasteiger partial charge in [0.15, 0.2) is 0 Å². The molecule has 7 heteroatoms. The third kappa shape index (κ3) is 7.28. The maximum Gasteiger partial charge on any atom is 0.314 e. The first kappa shape index (κ1) is 17.2. The van der Waals surface area contributed by atoms with Gasteiger partial charge in [0.25, 0.3) is 0 Å². The van der Waals surface area contributed by atoms with Crippen molar-refractivity contribution in [3.05, 3.63) is 0 Å². The number of hydrogen-bond donors (Lipinski definition) is 3. The van der Waals surface area contributed by atoms with Crippen molar-refractivity contribution in [3.63, 3.8) is 0 Å². The molecule has 0 aliphatic carbocycles. The first-order chi connectivity index (χ1) is 8.75. The van der Waals surface area contributed by atoms with E-state index in [4.69, 9.17) is 5.11 Å². The monoisotopic (exact) mass is 273 g/mol. The van der Waals surface area contributed by atoms with Gasteiger partial charge in [0.2, 0.25) is 5.91 Å². The molecule has 0 radical (unpaired) electrons. The molecule has 1 atom stereocenters. The Bertz CT molecular complexity index is 329. The molecule has 110 valence electrons. The minimum atomic E-state index is -0.932. The van der Waals surface area contributed by atoms with E-state index in [1.807, 2.05) is 0 Å². The smallest absolute Gasteiger partial charge is 0.314 e. The van der Waals surface area contributed by atoms with Gasteiger partial charge < -0.3 is 20.6 Å². The van der Waals surface area contributed by atoms with Crippen LogP contribution in [0.3, 0.4) is 0 Å². The van der Waals surface area contributed by atoms with Crippen LogP contribution in [0, 0.1) is 11.8 Å². The van der Waals surface area contributed by atoms with Gasteiger partial charge in [-0.3, -0.25) is 9.59 Å². The molecule has 7 nitrogen and oxygen atoms in total. The van der Waals surface area contributed by atoms with Crippen molar-refractivity contribution in [2.45, 2.75) is 20.3 Å². The van der Waals surface area contributed by atoms with E-state index in [0.29, 0.717) is 0 Å². The number of rotatable bonds is 7. The molecule has 19 heavy (non-hydrogen) atoms. The number of urea groups is 1. The summed E-state index contributed by atoms with van der Waals surface area (Å²) in [6.07, 6.45) is 0.215. The molecule has 0 heterocycles. The lowest BCUT2D eigenvalue weighted by atomic mass is 9.96. The van der Waals surface area contributed by atoms with E-state index in [9.17, 15) is 14.4 Å². The number of amides is 3. The fourth-order valence-corrected chi connectivity index (χ4v) is 1.38. The van der Waals surface area contributed by atoms with E-state index in [-0.39, 0.29) is 31.3 Å². The van der Waals surface area contributed by atoms with E-state index in [0.717, 1.165) is 0 Å². The van der Waals surface area contributed by atoms with E-state index in [2.05, 4.69) is 10.6 Å². The summed E-state index contributed by atoms with van der Waals surface area (Å²) in [5.41, 5.74) is 0. The second-order valence-electron chi connectivity index (χ2n) is 4.86. The summed E-state index contributed by atoms with van der Waals surface area (Å²) in [5.74, 6) is -1.69. The summed E-state index contributed by atoms with van der Waals surface area (Å²) in [7, 11) is 3.28. The lowest BCUT2D eigenvalue weighted by Crippen LogP contribution is -2.42. The van der Waals surface area contributed by atoms with Crippen LogP contribution in [0.5, 0.6) is 0 Å². The molecular weight excluding hydrogens is 250 g/mol. The van der Waals surface area contributed by atoms with Gasteiger partial charge in [0.05, 0.1) is 5.92 Å². The van der Waals surface area contributed by atoms with Crippen LogP contribution in [0.2, 0.25) is 0 Å². The molecule has 0 bridgehead atoms. The van der Waals surface area contributed by atoms with Crippen molar-refractivity contribution in [3.8, 4) is 0 Å². The van der Waals surface area contributed by atoms with Crippen LogP contribution in [0.25, 0.3) is 0 Å². The van der Waals surface area contributed by atoms with Crippen LogP contribution in [0.4, 0.5) is 4.79 Å². The molecule has 0 rings (SSSR count).